The van der Waals surface area contributed by atoms with Gasteiger partial charge in [-0.3, -0.25) is 4.79 Å². The Hall–Kier alpha value is -0.900. The van der Waals surface area contributed by atoms with Crippen LogP contribution in [0.1, 0.15) is 24.2 Å². The zero-order chi connectivity index (χ0) is 10.9. The SMILES string of the molecule is CC(C)C(=O)c1cc(F)c(Br)cc1O. The average molecular weight is 261 g/mol. The van der Waals surface area contributed by atoms with Gasteiger partial charge in [-0.1, -0.05) is 13.8 Å². The first-order valence-electron chi connectivity index (χ1n) is 4.15. The number of rotatable bonds is 2. The maximum atomic E-state index is 13.1. The Morgan fingerprint density at radius 1 is 1.50 bits per heavy atom. The molecule has 0 aliphatic heterocycles. The van der Waals surface area contributed by atoms with Crippen LogP contribution in [-0.2, 0) is 0 Å². The quantitative estimate of drug-likeness (QED) is 0.830. The van der Waals surface area contributed by atoms with E-state index in [9.17, 15) is 14.3 Å². The van der Waals surface area contributed by atoms with Crippen molar-refractivity contribution < 1.29 is 14.3 Å². The molecule has 2 nitrogen and oxygen atoms in total. The van der Waals surface area contributed by atoms with Crippen molar-refractivity contribution in [3.05, 3.63) is 28.0 Å². The Labute approximate surface area is 89.9 Å². The van der Waals surface area contributed by atoms with Crippen LogP contribution >= 0.6 is 15.9 Å². The van der Waals surface area contributed by atoms with Crippen molar-refractivity contribution in [1.82, 2.24) is 0 Å². The third-order valence-corrected chi connectivity index (χ3v) is 2.44. The van der Waals surface area contributed by atoms with Crippen LogP contribution in [0, 0.1) is 11.7 Å². The molecule has 14 heavy (non-hydrogen) atoms. The second-order valence-corrected chi connectivity index (χ2v) is 4.16. The highest BCUT2D eigenvalue weighted by atomic mass is 79.9. The largest absolute Gasteiger partial charge is 0.507 e. The van der Waals surface area contributed by atoms with Gasteiger partial charge in [-0.2, -0.15) is 0 Å². The molecule has 0 saturated carbocycles. The average Bonchev–Trinajstić information content (AvgIpc) is 2.10. The number of Topliss-reactive ketones (excluding diaryl/α,β-unsaturated/α-hetero) is 1. The molecular weight excluding hydrogens is 251 g/mol. The predicted octanol–water partition coefficient (Wildman–Crippen LogP) is 3.13. The van der Waals surface area contributed by atoms with Crippen molar-refractivity contribution in [3.63, 3.8) is 0 Å². The maximum Gasteiger partial charge on any atom is 0.169 e. The fourth-order valence-corrected chi connectivity index (χ4v) is 1.38. The summed E-state index contributed by atoms with van der Waals surface area (Å²) in [5.74, 6) is -1.28. The van der Waals surface area contributed by atoms with Crippen LogP contribution in [-0.4, -0.2) is 10.9 Å². The molecule has 0 bridgehead atoms. The molecule has 0 fully saturated rings. The highest BCUT2D eigenvalue weighted by Gasteiger charge is 2.17. The van der Waals surface area contributed by atoms with E-state index in [2.05, 4.69) is 15.9 Å². The summed E-state index contributed by atoms with van der Waals surface area (Å²) in [4.78, 5) is 11.5. The van der Waals surface area contributed by atoms with Gasteiger partial charge in [0.15, 0.2) is 5.78 Å². The van der Waals surface area contributed by atoms with Gasteiger partial charge in [0, 0.05) is 5.92 Å². The van der Waals surface area contributed by atoms with Gasteiger partial charge in [0.05, 0.1) is 10.0 Å². The zero-order valence-corrected chi connectivity index (χ0v) is 9.43. The van der Waals surface area contributed by atoms with E-state index in [1.165, 1.54) is 6.07 Å². The number of benzene rings is 1. The molecular formula is C10H10BrFO2. The Morgan fingerprint density at radius 3 is 2.57 bits per heavy atom. The molecule has 0 spiro atoms. The van der Waals surface area contributed by atoms with E-state index in [-0.39, 0.29) is 27.5 Å². The summed E-state index contributed by atoms with van der Waals surface area (Å²) in [6.45, 7) is 3.39. The van der Waals surface area contributed by atoms with E-state index in [4.69, 9.17) is 0 Å². The van der Waals surface area contributed by atoms with Crippen molar-refractivity contribution in [2.75, 3.05) is 0 Å². The van der Waals surface area contributed by atoms with Crippen LogP contribution in [0.4, 0.5) is 4.39 Å². The third-order valence-electron chi connectivity index (χ3n) is 1.83. The molecule has 0 aliphatic rings. The normalized spacial score (nSPS) is 10.6. The molecule has 0 radical (unpaired) electrons. The van der Waals surface area contributed by atoms with E-state index >= 15 is 0 Å². The van der Waals surface area contributed by atoms with Crippen LogP contribution in [0.5, 0.6) is 5.75 Å². The minimum Gasteiger partial charge on any atom is -0.507 e. The monoisotopic (exact) mass is 260 g/mol. The molecule has 0 amide bonds. The third kappa shape index (κ3) is 2.12. The fraction of sp³-hybridized carbons (Fsp3) is 0.300. The van der Waals surface area contributed by atoms with Crippen LogP contribution in [0.2, 0.25) is 0 Å². The maximum absolute atomic E-state index is 13.1. The number of carbonyl (C=O) groups excluding carboxylic acids is 1. The van der Waals surface area contributed by atoms with Crippen LogP contribution in [0.25, 0.3) is 0 Å². The fourth-order valence-electron chi connectivity index (χ4n) is 1.04. The smallest absolute Gasteiger partial charge is 0.169 e. The minimum atomic E-state index is -0.549. The summed E-state index contributed by atoms with van der Waals surface area (Å²) >= 11 is 2.92. The van der Waals surface area contributed by atoms with E-state index < -0.39 is 5.82 Å². The standard InChI is InChI=1S/C10H10BrFO2/c1-5(2)10(14)6-3-8(12)7(11)4-9(6)13/h3-5,13H,1-2H3. The molecule has 0 aliphatic carbocycles. The molecule has 0 aromatic heterocycles. The van der Waals surface area contributed by atoms with Crippen LogP contribution in [0.3, 0.4) is 0 Å². The molecule has 1 aromatic carbocycles. The van der Waals surface area contributed by atoms with Gasteiger partial charge in [-0.15, -0.1) is 0 Å². The van der Waals surface area contributed by atoms with Crippen molar-refractivity contribution >= 4 is 21.7 Å². The van der Waals surface area contributed by atoms with Crippen LogP contribution in [0.15, 0.2) is 16.6 Å². The number of phenolic OH excluding ortho intramolecular Hbond substituents is 1. The highest BCUT2D eigenvalue weighted by molar-refractivity contribution is 9.10. The number of aromatic hydroxyl groups is 1. The Morgan fingerprint density at radius 2 is 2.07 bits per heavy atom. The van der Waals surface area contributed by atoms with Crippen molar-refractivity contribution in [1.29, 1.82) is 0 Å². The first kappa shape index (κ1) is 11.2. The summed E-state index contributed by atoms with van der Waals surface area (Å²) in [6.07, 6.45) is 0. The molecule has 0 heterocycles. The van der Waals surface area contributed by atoms with Gasteiger partial charge in [-0.05, 0) is 28.1 Å². The molecule has 1 rings (SSSR count). The van der Waals surface area contributed by atoms with E-state index in [0.29, 0.717) is 0 Å². The van der Waals surface area contributed by atoms with E-state index in [0.717, 1.165) is 6.07 Å². The van der Waals surface area contributed by atoms with Gasteiger partial charge < -0.3 is 5.11 Å². The summed E-state index contributed by atoms with van der Waals surface area (Å²) in [5.41, 5.74) is 0.0284. The number of halogens is 2. The second kappa shape index (κ2) is 4.09. The van der Waals surface area contributed by atoms with Crippen molar-refractivity contribution in [2.45, 2.75) is 13.8 Å². The number of hydrogen-bond acceptors (Lipinski definition) is 2. The number of carbonyl (C=O) groups is 1. The molecule has 4 heteroatoms. The highest BCUT2D eigenvalue weighted by Crippen LogP contribution is 2.27. The lowest BCUT2D eigenvalue weighted by molar-refractivity contribution is 0.0936. The van der Waals surface area contributed by atoms with Crippen LogP contribution < -0.4 is 0 Å². The van der Waals surface area contributed by atoms with E-state index in [1.54, 1.807) is 13.8 Å². The van der Waals surface area contributed by atoms with Gasteiger partial charge in [-0.25, -0.2) is 4.39 Å². The zero-order valence-electron chi connectivity index (χ0n) is 7.84. The molecule has 1 N–H and O–H groups in total. The van der Waals surface area contributed by atoms with Gasteiger partial charge in [0.2, 0.25) is 0 Å². The first-order valence-corrected chi connectivity index (χ1v) is 4.95. The van der Waals surface area contributed by atoms with Gasteiger partial charge in [0.25, 0.3) is 0 Å². The van der Waals surface area contributed by atoms with Crippen molar-refractivity contribution in [3.8, 4) is 5.75 Å². The molecule has 76 valence electrons. The molecule has 1 aromatic rings. The number of ketones is 1. The first-order chi connectivity index (χ1) is 6.43. The lowest BCUT2D eigenvalue weighted by Gasteiger charge is -2.07. The Bertz CT molecular complexity index is 375. The lowest BCUT2D eigenvalue weighted by Crippen LogP contribution is -2.08. The summed E-state index contributed by atoms with van der Waals surface area (Å²) in [7, 11) is 0. The summed E-state index contributed by atoms with van der Waals surface area (Å²) < 4.78 is 13.2. The topological polar surface area (TPSA) is 37.3 Å². The Balaban J connectivity index is 3.22. The van der Waals surface area contributed by atoms with Crippen molar-refractivity contribution in [2.24, 2.45) is 5.92 Å². The molecule has 0 saturated heterocycles. The number of phenols is 1. The second-order valence-electron chi connectivity index (χ2n) is 3.30. The number of hydrogen-bond donors (Lipinski definition) is 1. The summed E-state index contributed by atoms with van der Waals surface area (Å²) in [6, 6.07) is 2.23. The predicted molar refractivity (Wildman–Crippen MR) is 54.9 cm³/mol. The van der Waals surface area contributed by atoms with Gasteiger partial charge in [0.1, 0.15) is 11.6 Å². The lowest BCUT2D eigenvalue weighted by atomic mass is 10.0. The van der Waals surface area contributed by atoms with E-state index in [1.807, 2.05) is 0 Å². The molecule has 0 unspecified atom stereocenters. The Kier molecular flexibility index (Phi) is 3.26. The molecule has 0 atom stereocenters. The summed E-state index contributed by atoms with van der Waals surface area (Å²) in [5, 5.41) is 9.42. The van der Waals surface area contributed by atoms with Gasteiger partial charge >= 0.3 is 0 Å². The minimum absolute atomic E-state index is 0.0284.